The van der Waals surface area contributed by atoms with E-state index < -0.39 is 0 Å². The molecule has 0 bridgehead atoms. The fourth-order valence-corrected chi connectivity index (χ4v) is 2.80. The summed E-state index contributed by atoms with van der Waals surface area (Å²) >= 11 is 1.41. The van der Waals surface area contributed by atoms with E-state index in [9.17, 15) is 0 Å². The van der Waals surface area contributed by atoms with Crippen LogP contribution in [-0.2, 0) is 12.8 Å². The third kappa shape index (κ3) is 1.52. The molecule has 0 N–H and O–H groups in total. The highest BCUT2D eigenvalue weighted by molar-refractivity contribution is 7.10. The molecule has 1 aliphatic rings. The number of nitriles is 1. The van der Waals surface area contributed by atoms with Gasteiger partial charge in [-0.3, -0.25) is 0 Å². The quantitative estimate of drug-likeness (QED) is 0.748. The number of rotatable bonds is 1. The molecule has 1 aromatic heterocycles. The molecule has 16 heavy (non-hydrogen) atoms. The van der Waals surface area contributed by atoms with Crippen LogP contribution in [0.4, 0.5) is 0 Å². The first-order valence-electron chi connectivity index (χ1n) is 5.34. The van der Waals surface area contributed by atoms with Crippen molar-refractivity contribution < 1.29 is 0 Å². The predicted molar refractivity (Wildman–Crippen MR) is 64.3 cm³/mol. The van der Waals surface area contributed by atoms with Crippen LogP contribution >= 0.6 is 11.3 Å². The maximum absolute atomic E-state index is 8.75. The van der Waals surface area contributed by atoms with E-state index in [1.165, 1.54) is 41.7 Å². The lowest BCUT2D eigenvalue weighted by molar-refractivity contribution is 0.912. The Kier molecular flexibility index (Phi) is 2.23. The molecule has 0 radical (unpaired) electrons. The van der Waals surface area contributed by atoms with Crippen molar-refractivity contribution in [3.63, 3.8) is 0 Å². The van der Waals surface area contributed by atoms with Gasteiger partial charge in [-0.15, -0.1) is 11.3 Å². The molecule has 3 heteroatoms. The summed E-state index contributed by atoms with van der Waals surface area (Å²) in [6.45, 7) is 0. The molecule has 0 fully saturated rings. The van der Waals surface area contributed by atoms with Gasteiger partial charge in [0.15, 0.2) is 5.01 Å². The zero-order valence-electron chi connectivity index (χ0n) is 8.73. The fraction of sp³-hybridized carbons (Fsp3) is 0.231. The Morgan fingerprint density at radius 2 is 2.12 bits per heavy atom. The largest absolute Gasteiger partial charge is 0.226 e. The first-order valence-corrected chi connectivity index (χ1v) is 6.22. The van der Waals surface area contributed by atoms with Crippen molar-refractivity contribution in [3.8, 4) is 17.3 Å². The lowest BCUT2D eigenvalue weighted by Gasteiger charge is -2.01. The van der Waals surface area contributed by atoms with Crippen molar-refractivity contribution in [2.45, 2.75) is 19.3 Å². The van der Waals surface area contributed by atoms with E-state index in [0.717, 1.165) is 11.3 Å². The highest BCUT2D eigenvalue weighted by Gasteiger charge is 2.12. The summed E-state index contributed by atoms with van der Waals surface area (Å²) in [6.07, 6.45) is 3.65. The van der Waals surface area contributed by atoms with Crippen molar-refractivity contribution in [3.05, 3.63) is 39.7 Å². The van der Waals surface area contributed by atoms with Crippen LogP contribution in [0.5, 0.6) is 0 Å². The average molecular weight is 226 g/mol. The molecule has 2 aromatic rings. The van der Waals surface area contributed by atoms with Crippen LogP contribution in [-0.4, -0.2) is 4.98 Å². The Labute approximate surface area is 98.2 Å². The van der Waals surface area contributed by atoms with Gasteiger partial charge in [0.1, 0.15) is 6.07 Å². The topological polar surface area (TPSA) is 36.7 Å². The minimum absolute atomic E-state index is 0.537. The standard InChI is InChI=1S/C13H10N2S/c14-7-13-15-12(8-16-13)11-5-4-9-2-1-3-10(9)6-11/h4-6,8H,1-3H2. The van der Waals surface area contributed by atoms with E-state index in [0.29, 0.717) is 5.01 Å². The van der Waals surface area contributed by atoms with Gasteiger partial charge in [-0.1, -0.05) is 12.1 Å². The van der Waals surface area contributed by atoms with Crippen molar-refractivity contribution in [1.82, 2.24) is 4.98 Å². The second-order valence-corrected chi connectivity index (χ2v) is 4.84. The number of hydrogen-bond acceptors (Lipinski definition) is 3. The molecule has 0 saturated heterocycles. The number of thiazole rings is 1. The summed E-state index contributed by atoms with van der Waals surface area (Å²) in [4.78, 5) is 4.28. The van der Waals surface area contributed by atoms with Crippen molar-refractivity contribution in [1.29, 1.82) is 5.26 Å². The van der Waals surface area contributed by atoms with Crippen LogP contribution in [0.25, 0.3) is 11.3 Å². The van der Waals surface area contributed by atoms with Crippen LogP contribution in [0.15, 0.2) is 23.6 Å². The number of aryl methyl sites for hydroxylation is 2. The number of benzene rings is 1. The normalized spacial score (nSPS) is 13.4. The van der Waals surface area contributed by atoms with Gasteiger partial charge in [0, 0.05) is 10.9 Å². The van der Waals surface area contributed by atoms with E-state index in [4.69, 9.17) is 5.26 Å². The van der Waals surface area contributed by atoms with E-state index in [2.05, 4.69) is 29.3 Å². The predicted octanol–water partition coefficient (Wildman–Crippen LogP) is 3.17. The second kappa shape index (κ2) is 3.73. The molecule has 0 atom stereocenters. The highest BCUT2D eigenvalue weighted by atomic mass is 32.1. The van der Waals surface area contributed by atoms with Gasteiger partial charge in [-0.2, -0.15) is 5.26 Å². The van der Waals surface area contributed by atoms with E-state index in [1.54, 1.807) is 0 Å². The molecule has 1 heterocycles. The maximum Gasteiger partial charge on any atom is 0.194 e. The summed E-state index contributed by atoms with van der Waals surface area (Å²) in [6, 6.07) is 8.61. The minimum atomic E-state index is 0.537. The number of nitrogens with zero attached hydrogens (tertiary/aromatic N) is 2. The summed E-state index contributed by atoms with van der Waals surface area (Å²) < 4.78 is 0. The van der Waals surface area contributed by atoms with Gasteiger partial charge >= 0.3 is 0 Å². The van der Waals surface area contributed by atoms with E-state index in [1.807, 2.05) is 5.38 Å². The van der Waals surface area contributed by atoms with E-state index >= 15 is 0 Å². The van der Waals surface area contributed by atoms with Gasteiger partial charge in [-0.25, -0.2) is 4.98 Å². The molecule has 0 unspecified atom stereocenters. The SMILES string of the molecule is N#Cc1nc(-c2ccc3c(c2)CCC3)cs1. The Morgan fingerprint density at radius 1 is 1.25 bits per heavy atom. The Bertz CT molecular complexity index is 578. The average Bonchev–Trinajstić information content (AvgIpc) is 2.96. The maximum atomic E-state index is 8.75. The van der Waals surface area contributed by atoms with Crippen LogP contribution in [0.3, 0.4) is 0 Å². The first kappa shape index (κ1) is 9.56. The van der Waals surface area contributed by atoms with Crippen molar-refractivity contribution in [2.75, 3.05) is 0 Å². The lowest BCUT2D eigenvalue weighted by Crippen LogP contribution is -1.84. The molecule has 0 amide bonds. The fourth-order valence-electron chi connectivity index (χ4n) is 2.19. The third-order valence-electron chi connectivity index (χ3n) is 2.99. The third-order valence-corrected chi connectivity index (χ3v) is 3.74. The molecular weight excluding hydrogens is 216 g/mol. The molecule has 3 rings (SSSR count). The van der Waals surface area contributed by atoms with Crippen LogP contribution in [0.1, 0.15) is 22.6 Å². The molecule has 0 saturated carbocycles. The van der Waals surface area contributed by atoms with Gasteiger partial charge < -0.3 is 0 Å². The summed E-state index contributed by atoms with van der Waals surface area (Å²) in [5.41, 5.74) is 4.98. The van der Waals surface area contributed by atoms with Crippen LogP contribution in [0, 0.1) is 11.3 Å². The van der Waals surface area contributed by atoms with E-state index in [-0.39, 0.29) is 0 Å². The molecule has 1 aromatic carbocycles. The number of aromatic nitrogens is 1. The zero-order chi connectivity index (χ0) is 11.0. The minimum Gasteiger partial charge on any atom is -0.226 e. The summed E-state index contributed by atoms with van der Waals surface area (Å²) in [7, 11) is 0. The highest BCUT2D eigenvalue weighted by Crippen LogP contribution is 2.28. The summed E-state index contributed by atoms with van der Waals surface area (Å²) in [5, 5.41) is 11.2. The second-order valence-electron chi connectivity index (χ2n) is 3.99. The first-order chi connectivity index (χ1) is 7.86. The molecule has 0 spiro atoms. The lowest BCUT2D eigenvalue weighted by atomic mass is 10.1. The van der Waals surface area contributed by atoms with Gasteiger partial charge in [0.05, 0.1) is 5.69 Å². The molecular formula is C13H10N2S. The van der Waals surface area contributed by atoms with Gasteiger partial charge in [-0.05, 0) is 36.5 Å². The number of fused-ring (bicyclic) bond motifs is 1. The zero-order valence-corrected chi connectivity index (χ0v) is 9.55. The van der Waals surface area contributed by atoms with Gasteiger partial charge in [0.2, 0.25) is 0 Å². The molecule has 1 aliphatic carbocycles. The van der Waals surface area contributed by atoms with Crippen LogP contribution < -0.4 is 0 Å². The van der Waals surface area contributed by atoms with Crippen LogP contribution in [0.2, 0.25) is 0 Å². The monoisotopic (exact) mass is 226 g/mol. The Balaban J connectivity index is 2.04. The number of hydrogen-bond donors (Lipinski definition) is 0. The van der Waals surface area contributed by atoms with Gasteiger partial charge in [0.25, 0.3) is 0 Å². The molecule has 0 aliphatic heterocycles. The Hall–Kier alpha value is -1.66. The smallest absolute Gasteiger partial charge is 0.194 e. The van der Waals surface area contributed by atoms with Crippen molar-refractivity contribution in [2.24, 2.45) is 0 Å². The Morgan fingerprint density at radius 3 is 2.94 bits per heavy atom. The molecule has 2 nitrogen and oxygen atoms in total. The summed E-state index contributed by atoms with van der Waals surface area (Å²) in [5.74, 6) is 0. The van der Waals surface area contributed by atoms with Crippen molar-refractivity contribution >= 4 is 11.3 Å². The molecule has 78 valence electrons.